The second-order valence-electron chi connectivity index (χ2n) is 5.07. The summed E-state index contributed by atoms with van der Waals surface area (Å²) >= 11 is 1.68. The summed E-state index contributed by atoms with van der Waals surface area (Å²) in [5.74, 6) is 0. The van der Waals surface area contributed by atoms with E-state index in [1.807, 2.05) is 11.6 Å². The maximum atomic E-state index is 5.16. The van der Waals surface area contributed by atoms with Gasteiger partial charge in [0.25, 0.3) is 0 Å². The molecule has 19 heavy (non-hydrogen) atoms. The lowest BCUT2D eigenvalue weighted by Crippen LogP contribution is -2.35. The van der Waals surface area contributed by atoms with Gasteiger partial charge in [-0.3, -0.25) is 0 Å². The van der Waals surface area contributed by atoms with E-state index >= 15 is 0 Å². The average Bonchev–Trinajstić information content (AvgIpc) is 2.92. The van der Waals surface area contributed by atoms with E-state index in [1.54, 1.807) is 18.4 Å². The quantitative estimate of drug-likeness (QED) is 0.879. The van der Waals surface area contributed by atoms with Gasteiger partial charge < -0.3 is 10.1 Å². The van der Waals surface area contributed by atoms with Crippen LogP contribution in [0.3, 0.4) is 0 Å². The van der Waals surface area contributed by atoms with Crippen molar-refractivity contribution >= 4 is 11.3 Å². The molecule has 1 aromatic carbocycles. The van der Waals surface area contributed by atoms with Gasteiger partial charge in [0.15, 0.2) is 0 Å². The van der Waals surface area contributed by atoms with E-state index in [-0.39, 0.29) is 5.54 Å². The van der Waals surface area contributed by atoms with Crippen LogP contribution < -0.4 is 5.32 Å². The van der Waals surface area contributed by atoms with Gasteiger partial charge in [0.05, 0.1) is 12.1 Å². The number of rotatable bonds is 6. The fraction of sp³-hybridized carbons (Fsp3) is 0.400. The first kappa shape index (κ1) is 14.2. The van der Waals surface area contributed by atoms with Crippen molar-refractivity contribution in [2.45, 2.75) is 32.5 Å². The van der Waals surface area contributed by atoms with Crippen molar-refractivity contribution in [3.05, 3.63) is 52.0 Å². The van der Waals surface area contributed by atoms with Crippen LogP contribution in [0.1, 0.15) is 30.0 Å². The minimum atomic E-state index is -0.106. The van der Waals surface area contributed by atoms with Gasteiger partial charge in [-0.2, -0.15) is 0 Å². The number of nitrogens with zero attached hydrogens (tertiary/aromatic N) is 1. The highest BCUT2D eigenvalue weighted by Gasteiger charge is 2.22. The van der Waals surface area contributed by atoms with E-state index in [9.17, 15) is 0 Å². The molecule has 0 saturated heterocycles. The molecule has 0 amide bonds. The van der Waals surface area contributed by atoms with E-state index in [0.29, 0.717) is 6.61 Å². The van der Waals surface area contributed by atoms with Crippen LogP contribution in [0.4, 0.5) is 0 Å². The summed E-state index contributed by atoms with van der Waals surface area (Å²) in [6.45, 7) is 5.80. The van der Waals surface area contributed by atoms with Crippen molar-refractivity contribution in [1.82, 2.24) is 10.3 Å². The van der Waals surface area contributed by atoms with Crippen LogP contribution in [0.25, 0.3) is 0 Å². The summed E-state index contributed by atoms with van der Waals surface area (Å²) in [5.41, 5.74) is 2.36. The Morgan fingerprint density at radius 1 is 1.32 bits per heavy atom. The van der Waals surface area contributed by atoms with Gasteiger partial charge in [-0.15, -0.1) is 11.3 Å². The first-order valence-corrected chi connectivity index (χ1v) is 7.21. The van der Waals surface area contributed by atoms with Crippen LogP contribution in [-0.4, -0.2) is 12.1 Å². The fourth-order valence-corrected chi connectivity index (χ4v) is 2.67. The fourth-order valence-electron chi connectivity index (χ4n) is 1.93. The van der Waals surface area contributed by atoms with Gasteiger partial charge in [-0.1, -0.05) is 24.3 Å². The smallest absolute Gasteiger partial charge is 0.112 e. The summed E-state index contributed by atoms with van der Waals surface area (Å²) in [6, 6.07) is 8.46. The molecule has 102 valence electrons. The Balaban J connectivity index is 2.00. The molecule has 2 aromatic rings. The Labute approximate surface area is 118 Å². The predicted octanol–water partition coefficient (Wildman–Crippen LogP) is 3.31. The third-order valence-corrected chi connectivity index (χ3v) is 4.10. The van der Waals surface area contributed by atoms with Crippen molar-refractivity contribution in [3.8, 4) is 0 Å². The molecule has 3 nitrogen and oxygen atoms in total. The Bertz CT molecular complexity index is 509. The lowest BCUT2D eigenvalue weighted by molar-refractivity contribution is 0.185. The molecule has 0 aliphatic carbocycles. The molecule has 2 rings (SSSR count). The van der Waals surface area contributed by atoms with Crippen LogP contribution >= 0.6 is 11.3 Å². The number of hydrogen-bond donors (Lipinski definition) is 1. The minimum absolute atomic E-state index is 0.106. The Hall–Kier alpha value is -1.23. The molecule has 1 heterocycles. The van der Waals surface area contributed by atoms with Crippen LogP contribution in [0.2, 0.25) is 0 Å². The summed E-state index contributed by atoms with van der Waals surface area (Å²) in [5, 5.41) is 6.68. The molecule has 0 aliphatic heterocycles. The van der Waals surface area contributed by atoms with Crippen LogP contribution in [0.15, 0.2) is 35.8 Å². The van der Waals surface area contributed by atoms with Crippen LogP contribution in [0, 0.1) is 0 Å². The van der Waals surface area contributed by atoms with E-state index < -0.39 is 0 Å². The molecular formula is C15H20N2OS. The molecule has 0 bridgehead atoms. The number of aromatic nitrogens is 1. The van der Waals surface area contributed by atoms with Gasteiger partial charge >= 0.3 is 0 Å². The van der Waals surface area contributed by atoms with Gasteiger partial charge in [0.2, 0.25) is 0 Å². The first-order valence-electron chi connectivity index (χ1n) is 6.33. The third kappa shape index (κ3) is 3.86. The SMILES string of the molecule is COCc1cccc(CNC(C)(C)c2nccs2)c1. The van der Waals surface area contributed by atoms with E-state index in [2.05, 4.69) is 48.4 Å². The minimum Gasteiger partial charge on any atom is -0.380 e. The molecule has 0 unspecified atom stereocenters. The number of methoxy groups -OCH3 is 1. The maximum Gasteiger partial charge on any atom is 0.112 e. The van der Waals surface area contributed by atoms with Crippen LogP contribution in [0.5, 0.6) is 0 Å². The predicted molar refractivity (Wildman–Crippen MR) is 79.1 cm³/mol. The Kier molecular flexibility index (Phi) is 4.69. The first-order chi connectivity index (χ1) is 9.12. The van der Waals surface area contributed by atoms with E-state index in [4.69, 9.17) is 4.74 Å². The highest BCUT2D eigenvalue weighted by atomic mass is 32.1. The van der Waals surface area contributed by atoms with Crippen LogP contribution in [-0.2, 0) is 23.4 Å². The highest BCUT2D eigenvalue weighted by Crippen LogP contribution is 2.22. The van der Waals surface area contributed by atoms with Gasteiger partial charge in [0, 0.05) is 25.2 Å². The van der Waals surface area contributed by atoms with Crippen molar-refractivity contribution in [2.24, 2.45) is 0 Å². The van der Waals surface area contributed by atoms with Gasteiger partial charge in [-0.05, 0) is 25.0 Å². The molecule has 0 saturated carbocycles. The largest absolute Gasteiger partial charge is 0.380 e. The normalized spacial score (nSPS) is 11.7. The Morgan fingerprint density at radius 2 is 2.11 bits per heavy atom. The molecule has 0 spiro atoms. The molecule has 0 radical (unpaired) electrons. The topological polar surface area (TPSA) is 34.1 Å². The average molecular weight is 276 g/mol. The standard InChI is InChI=1S/C15H20N2OS/c1-15(2,14-16-7-8-19-14)17-10-12-5-4-6-13(9-12)11-18-3/h4-9,17H,10-11H2,1-3H3. The van der Waals surface area contributed by atoms with Crippen molar-refractivity contribution in [3.63, 3.8) is 0 Å². The lowest BCUT2D eigenvalue weighted by atomic mass is 10.1. The monoisotopic (exact) mass is 276 g/mol. The number of ether oxygens (including phenoxy) is 1. The zero-order valence-electron chi connectivity index (χ0n) is 11.6. The van der Waals surface area contributed by atoms with Gasteiger partial charge in [0.1, 0.15) is 5.01 Å². The summed E-state index contributed by atoms with van der Waals surface area (Å²) in [6.07, 6.45) is 1.85. The number of hydrogen-bond acceptors (Lipinski definition) is 4. The number of benzene rings is 1. The molecule has 0 fully saturated rings. The highest BCUT2D eigenvalue weighted by molar-refractivity contribution is 7.09. The van der Waals surface area contributed by atoms with E-state index in [1.165, 1.54) is 11.1 Å². The molecule has 4 heteroatoms. The third-order valence-electron chi connectivity index (χ3n) is 3.00. The maximum absolute atomic E-state index is 5.16. The molecule has 1 aromatic heterocycles. The van der Waals surface area contributed by atoms with Crippen molar-refractivity contribution < 1.29 is 4.74 Å². The Morgan fingerprint density at radius 3 is 2.79 bits per heavy atom. The number of thiazole rings is 1. The lowest BCUT2D eigenvalue weighted by Gasteiger charge is -2.24. The van der Waals surface area contributed by atoms with Gasteiger partial charge in [-0.25, -0.2) is 4.98 Å². The second-order valence-corrected chi connectivity index (χ2v) is 5.96. The zero-order chi connectivity index (χ0) is 13.7. The number of nitrogens with one attached hydrogen (secondary N) is 1. The molecular weight excluding hydrogens is 256 g/mol. The summed E-state index contributed by atoms with van der Waals surface area (Å²) < 4.78 is 5.16. The van der Waals surface area contributed by atoms with Crippen molar-refractivity contribution in [1.29, 1.82) is 0 Å². The van der Waals surface area contributed by atoms with Crippen molar-refractivity contribution in [2.75, 3.05) is 7.11 Å². The molecule has 0 atom stereocenters. The molecule has 0 aliphatic rings. The second kappa shape index (κ2) is 6.28. The zero-order valence-corrected chi connectivity index (χ0v) is 12.5. The summed E-state index contributed by atoms with van der Waals surface area (Å²) in [7, 11) is 1.72. The summed E-state index contributed by atoms with van der Waals surface area (Å²) in [4.78, 5) is 4.38. The van der Waals surface area contributed by atoms with E-state index in [0.717, 1.165) is 11.6 Å². The molecule has 1 N–H and O–H groups in total.